The molecule has 0 spiro atoms. The maximum Gasteiger partial charge on any atom is 0.130 e. The smallest absolute Gasteiger partial charge is 0.130 e. The van der Waals surface area contributed by atoms with Gasteiger partial charge in [-0.15, -0.1) is 0 Å². The summed E-state index contributed by atoms with van der Waals surface area (Å²) in [7, 11) is 0. The van der Waals surface area contributed by atoms with Gasteiger partial charge in [0.15, 0.2) is 0 Å². The van der Waals surface area contributed by atoms with Crippen molar-refractivity contribution in [2.75, 3.05) is 6.61 Å². The maximum atomic E-state index is 14.8. The van der Waals surface area contributed by atoms with Gasteiger partial charge in [-0.3, -0.25) is 0 Å². The molecule has 0 heterocycles. The summed E-state index contributed by atoms with van der Waals surface area (Å²) in [6.45, 7) is 4.97. The summed E-state index contributed by atoms with van der Waals surface area (Å²) in [6, 6.07) is 24.5. The van der Waals surface area contributed by atoms with Crippen LogP contribution in [0.4, 0.5) is 4.39 Å². The van der Waals surface area contributed by atoms with E-state index in [2.05, 4.69) is 43.3 Å². The van der Waals surface area contributed by atoms with E-state index in [1.807, 2.05) is 49.4 Å². The van der Waals surface area contributed by atoms with E-state index >= 15 is 0 Å². The second kappa shape index (κ2) is 11.3. The first-order chi connectivity index (χ1) is 16.1. The third-order valence-corrected chi connectivity index (χ3v) is 7.04. The van der Waals surface area contributed by atoms with Gasteiger partial charge in [-0.2, -0.15) is 0 Å². The Morgan fingerprint density at radius 1 is 0.909 bits per heavy atom. The Kier molecular flexibility index (Phi) is 7.99. The molecule has 0 bridgehead atoms. The third kappa shape index (κ3) is 6.35. The first-order valence-electron chi connectivity index (χ1n) is 12.4. The lowest BCUT2D eigenvalue weighted by Crippen LogP contribution is -2.15. The first kappa shape index (κ1) is 23.3. The lowest BCUT2D eigenvalue weighted by molar-refractivity contribution is 0.297. The molecule has 2 heteroatoms. The minimum absolute atomic E-state index is 0.130. The van der Waals surface area contributed by atoms with Crippen LogP contribution < -0.4 is 4.74 Å². The monoisotopic (exact) mass is 442 g/mol. The van der Waals surface area contributed by atoms with Crippen LogP contribution in [0.25, 0.3) is 12.2 Å². The van der Waals surface area contributed by atoms with E-state index in [9.17, 15) is 4.39 Å². The molecule has 0 amide bonds. The zero-order valence-corrected chi connectivity index (χ0v) is 19.8. The SMILES string of the molecule is CCOc1ccc(/C=C/c2ccc(C3CCC(CC(C)c4ccccc4)CC3)cc2F)cc1. The molecule has 0 radical (unpaired) electrons. The summed E-state index contributed by atoms with van der Waals surface area (Å²) in [6.07, 6.45) is 9.86. The minimum atomic E-state index is -0.130. The van der Waals surface area contributed by atoms with E-state index in [0.717, 1.165) is 35.6 Å². The van der Waals surface area contributed by atoms with E-state index in [4.69, 9.17) is 4.74 Å². The molecule has 33 heavy (non-hydrogen) atoms. The van der Waals surface area contributed by atoms with Crippen LogP contribution in [-0.2, 0) is 0 Å². The zero-order chi connectivity index (χ0) is 23.0. The number of ether oxygens (including phenoxy) is 1. The van der Waals surface area contributed by atoms with Gasteiger partial charge in [0.05, 0.1) is 6.61 Å². The fourth-order valence-corrected chi connectivity index (χ4v) is 5.11. The molecule has 4 rings (SSSR count). The van der Waals surface area contributed by atoms with E-state index in [0.29, 0.717) is 24.0 Å². The Labute approximate surface area is 198 Å². The summed E-state index contributed by atoms with van der Waals surface area (Å²) < 4.78 is 20.3. The molecular weight excluding hydrogens is 407 g/mol. The van der Waals surface area contributed by atoms with Gasteiger partial charge in [-0.1, -0.05) is 73.7 Å². The van der Waals surface area contributed by atoms with Gasteiger partial charge in [0.25, 0.3) is 0 Å². The van der Waals surface area contributed by atoms with Crippen molar-refractivity contribution < 1.29 is 9.13 Å². The Balaban J connectivity index is 1.32. The molecule has 1 atom stereocenters. The summed E-state index contributed by atoms with van der Waals surface area (Å²) >= 11 is 0. The second-order valence-electron chi connectivity index (χ2n) is 9.38. The summed E-state index contributed by atoms with van der Waals surface area (Å²) in [5, 5.41) is 0. The molecule has 3 aromatic rings. The van der Waals surface area contributed by atoms with Crippen molar-refractivity contribution in [3.05, 3.63) is 101 Å². The topological polar surface area (TPSA) is 9.23 Å². The highest BCUT2D eigenvalue weighted by Crippen LogP contribution is 2.40. The fourth-order valence-electron chi connectivity index (χ4n) is 5.11. The van der Waals surface area contributed by atoms with Gasteiger partial charge >= 0.3 is 0 Å². The Morgan fingerprint density at radius 3 is 2.30 bits per heavy atom. The van der Waals surface area contributed by atoms with Gasteiger partial charge < -0.3 is 4.74 Å². The van der Waals surface area contributed by atoms with Crippen molar-refractivity contribution in [1.82, 2.24) is 0 Å². The van der Waals surface area contributed by atoms with Crippen molar-refractivity contribution in [3.8, 4) is 5.75 Å². The van der Waals surface area contributed by atoms with Crippen LogP contribution in [0.1, 0.15) is 80.0 Å². The molecule has 1 unspecified atom stereocenters. The number of hydrogen-bond donors (Lipinski definition) is 0. The van der Waals surface area contributed by atoms with Crippen LogP contribution in [-0.4, -0.2) is 6.61 Å². The molecule has 1 nitrogen and oxygen atoms in total. The highest BCUT2D eigenvalue weighted by atomic mass is 19.1. The van der Waals surface area contributed by atoms with Crippen molar-refractivity contribution in [1.29, 1.82) is 0 Å². The van der Waals surface area contributed by atoms with Crippen LogP contribution in [0, 0.1) is 11.7 Å². The number of benzene rings is 3. The molecular formula is C31H35FO. The van der Waals surface area contributed by atoms with Crippen molar-refractivity contribution in [2.45, 2.75) is 57.8 Å². The molecule has 0 saturated heterocycles. The number of halogens is 1. The van der Waals surface area contributed by atoms with Gasteiger partial charge in [0.1, 0.15) is 11.6 Å². The summed E-state index contributed by atoms with van der Waals surface area (Å²) in [5.41, 5.74) is 4.26. The van der Waals surface area contributed by atoms with Crippen molar-refractivity contribution in [2.24, 2.45) is 5.92 Å². The van der Waals surface area contributed by atoms with Crippen molar-refractivity contribution in [3.63, 3.8) is 0 Å². The lowest BCUT2D eigenvalue weighted by Gasteiger charge is -2.30. The van der Waals surface area contributed by atoms with Crippen LogP contribution in [0.15, 0.2) is 72.8 Å². The molecule has 1 aliphatic carbocycles. The highest BCUT2D eigenvalue weighted by Gasteiger charge is 2.24. The van der Waals surface area contributed by atoms with E-state index in [1.54, 1.807) is 6.07 Å². The minimum Gasteiger partial charge on any atom is -0.494 e. The fraction of sp³-hybridized carbons (Fsp3) is 0.355. The van der Waals surface area contributed by atoms with Gasteiger partial charge in [-0.05, 0) is 91.7 Å². The largest absolute Gasteiger partial charge is 0.494 e. The zero-order valence-electron chi connectivity index (χ0n) is 19.8. The predicted octanol–water partition coefficient (Wildman–Crippen LogP) is 8.86. The number of rotatable bonds is 8. The van der Waals surface area contributed by atoms with E-state index in [1.165, 1.54) is 24.8 Å². The normalized spacial score (nSPS) is 19.5. The average molecular weight is 443 g/mol. The van der Waals surface area contributed by atoms with Crippen molar-refractivity contribution >= 4 is 12.2 Å². The molecule has 1 saturated carbocycles. The summed E-state index contributed by atoms with van der Waals surface area (Å²) in [4.78, 5) is 0. The molecule has 0 aliphatic heterocycles. The molecule has 1 aliphatic rings. The highest BCUT2D eigenvalue weighted by molar-refractivity contribution is 5.70. The van der Waals surface area contributed by atoms with Gasteiger partial charge in [-0.25, -0.2) is 4.39 Å². The molecule has 3 aromatic carbocycles. The second-order valence-corrected chi connectivity index (χ2v) is 9.38. The third-order valence-electron chi connectivity index (χ3n) is 7.04. The Hall–Kier alpha value is -2.87. The average Bonchev–Trinajstić information content (AvgIpc) is 2.85. The molecule has 172 valence electrons. The summed E-state index contributed by atoms with van der Waals surface area (Å²) in [5.74, 6) is 2.58. The molecule has 1 fully saturated rings. The first-order valence-corrected chi connectivity index (χ1v) is 12.4. The van der Waals surface area contributed by atoms with E-state index in [-0.39, 0.29) is 5.82 Å². The van der Waals surface area contributed by atoms with Crippen LogP contribution >= 0.6 is 0 Å². The molecule has 0 N–H and O–H groups in total. The number of hydrogen-bond acceptors (Lipinski definition) is 1. The predicted molar refractivity (Wildman–Crippen MR) is 137 cm³/mol. The maximum absolute atomic E-state index is 14.8. The molecule has 0 aromatic heterocycles. The van der Waals surface area contributed by atoms with Crippen LogP contribution in [0.2, 0.25) is 0 Å². The Morgan fingerprint density at radius 2 is 1.64 bits per heavy atom. The van der Waals surface area contributed by atoms with Crippen LogP contribution in [0.3, 0.4) is 0 Å². The quantitative estimate of drug-likeness (QED) is 0.317. The van der Waals surface area contributed by atoms with Crippen LogP contribution in [0.5, 0.6) is 5.75 Å². The van der Waals surface area contributed by atoms with Gasteiger partial charge in [0.2, 0.25) is 0 Å². The standard InChI is InChI=1S/C31H35FO/c1-3-33-30-19-12-24(13-20-30)9-16-28-17-18-29(22-31(28)32)27-14-10-25(11-15-27)21-23(2)26-7-5-4-6-8-26/h4-9,12-13,16-20,22-23,25,27H,3,10-11,14-15,21H2,1-2H3/b16-9+. The van der Waals surface area contributed by atoms with Gasteiger partial charge in [0, 0.05) is 5.56 Å². The Bertz CT molecular complexity index is 1030. The lowest BCUT2D eigenvalue weighted by atomic mass is 9.75. The van der Waals surface area contributed by atoms with E-state index < -0.39 is 0 Å².